The Morgan fingerprint density at radius 2 is 1.94 bits per heavy atom. The molecule has 0 radical (unpaired) electrons. The third-order valence-corrected chi connectivity index (χ3v) is 3.70. The van der Waals surface area contributed by atoms with E-state index < -0.39 is 0 Å². The number of rotatable bonds is 3. The molecule has 3 heteroatoms. The van der Waals surface area contributed by atoms with E-state index in [0.29, 0.717) is 12.2 Å². The average molecular weight is 226 g/mol. The van der Waals surface area contributed by atoms with E-state index in [1.54, 1.807) is 0 Å². The van der Waals surface area contributed by atoms with E-state index in [1.807, 2.05) is 0 Å². The summed E-state index contributed by atoms with van der Waals surface area (Å²) in [6, 6.07) is 0.766. The molecule has 2 fully saturated rings. The zero-order valence-corrected chi connectivity index (χ0v) is 10.7. The second kappa shape index (κ2) is 5.99. The van der Waals surface area contributed by atoms with Gasteiger partial charge in [-0.25, -0.2) is 0 Å². The first-order valence-electron chi connectivity index (χ1n) is 6.85. The summed E-state index contributed by atoms with van der Waals surface area (Å²) >= 11 is 0. The Morgan fingerprint density at radius 3 is 2.56 bits per heavy atom. The van der Waals surface area contributed by atoms with Crippen LogP contribution in [0.15, 0.2) is 0 Å². The van der Waals surface area contributed by atoms with E-state index in [9.17, 15) is 0 Å². The minimum Gasteiger partial charge on any atom is -0.373 e. The molecule has 2 aliphatic heterocycles. The summed E-state index contributed by atoms with van der Waals surface area (Å²) in [5.41, 5.74) is 0. The zero-order chi connectivity index (χ0) is 11.4. The lowest BCUT2D eigenvalue weighted by molar-refractivity contribution is -0.0686. The van der Waals surface area contributed by atoms with Crippen LogP contribution in [0.25, 0.3) is 0 Å². The second-order valence-electron chi connectivity index (χ2n) is 5.45. The Morgan fingerprint density at radius 1 is 1.19 bits per heavy atom. The van der Waals surface area contributed by atoms with Gasteiger partial charge in [0, 0.05) is 19.1 Å². The summed E-state index contributed by atoms with van der Waals surface area (Å²) in [6.07, 6.45) is 6.26. The van der Waals surface area contributed by atoms with Gasteiger partial charge < -0.3 is 10.1 Å². The quantitative estimate of drug-likeness (QED) is 0.791. The largest absolute Gasteiger partial charge is 0.373 e. The highest BCUT2D eigenvalue weighted by molar-refractivity contribution is 4.77. The van der Waals surface area contributed by atoms with Crippen LogP contribution in [0.4, 0.5) is 0 Å². The first kappa shape index (κ1) is 12.3. The van der Waals surface area contributed by atoms with Crippen molar-refractivity contribution in [2.45, 2.75) is 57.8 Å². The van der Waals surface area contributed by atoms with Crippen LogP contribution in [-0.4, -0.2) is 49.3 Å². The summed E-state index contributed by atoms with van der Waals surface area (Å²) in [5, 5.41) is 3.62. The molecule has 2 rings (SSSR count). The first-order chi connectivity index (χ1) is 7.74. The van der Waals surface area contributed by atoms with E-state index >= 15 is 0 Å². The predicted molar refractivity (Wildman–Crippen MR) is 66.7 cm³/mol. The number of nitrogens with one attached hydrogen (secondary N) is 1. The van der Waals surface area contributed by atoms with Crippen molar-refractivity contribution in [3.63, 3.8) is 0 Å². The third-order valence-electron chi connectivity index (χ3n) is 3.70. The van der Waals surface area contributed by atoms with Crippen LogP contribution in [0.3, 0.4) is 0 Å². The fourth-order valence-electron chi connectivity index (χ4n) is 2.98. The molecule has 3 nitrogen and oxygen atoms in total. The molecule has 94 valence electrons. The number of nitrogens with zero attached hydrogens (tertiary/aromatic N) is 1. The minimum atomic E-state index is 0.406. The van der Waals surface area contributed by atoms with Gasteiger partial charge in [-0.05, 0) is 46.2 Å². The van der Waals surface area contributed by atoms with Gasteiger partial charge in [0.15, 0.2) is 0 Å². The molecule has 0 amide bonds. The maximum absolute atomic E-state index is 5.75. The number of hydrogen-bond acceptors (Lipinski definition) is 3. The highest BCUT2D eigenvalue weighted by Crippen LogP contribution is 2.14. The van der Waals surface area contributed by atoms with Crippen molar-refractivity contribution in [2.75, 3.05) is 26.2 Å². The van der Waals surface area contributed by atoms with E-state index in [0.717, 1.165) is 19.1 Å². The molecule has 2 aliphatic rings. The minimum absolute atomic E-state index is 0.406. The molecule has 1 N–H and O–H groups in total. The number of ether oxygens (including phenoxy) is 1. The third kappa shape index (κ3) is 3.72. The van der Waals surface area contributed by atoms with Gasteiger partial charge in [-0.15, -0.1) is 0 Å². The van der Waals surface area contributed by atoms with Crippen molar-refractivity contribution in [3.8, 4) is 0 Å². The van der Waals surface area contributed by atoms with Crippen molar-refractivity contribution in [1.29, 1.82) is 0 Å². The highest BCUT2D eigenvalue weighted by atomic mass is 16.5. The van der Waals surface area contributed by atoms with Crippen LogP contribution in [0.5, 0.6) is 0 Å². The molecule has 3 unspecified atom stereocenters. The Kier molecular flexibility index (Phi) is 4.62. The van der Waals surface area contributed by atoms with Crippen LogP contribution in [0.1, 0.15) is 39.5 Å². The molecule has 3 atom stereocenters. The lowest BCUT2D eigenvalue weighted by Gasteiger charge is -2.36. The Bertz CT molecular complexity index is 194. The molecule has 0 aromatic carbocycles. The van der Waals surface area contributed by atoms with Gasteiger partial charge in [0.05, 0.1) is 12.2 Å². The fraction of sp³-hybridized carbons (Fsp3) is 1.00. The van der Waals surface area contributed by atoms with Crippen LogP contribution in [0, 0.1) is 0 Å². The maximum atomic E-state index is 5.75. The molecule has 0 saturated carbocycles. The van der Waals surface area contributed by atoms with Gasteiger partial charge in [-0.3, -0.25) is 4.90 Å². The number of piperidine rings is 1. The van der Waals surface area contributed by atoms with E-state index in [-0.39, 0.29) is 0 Å². The first-order valence-corrected chi connectivity index (χ1v) is 6.85. The molecule has 16 heavy (non-hydrogen) atoms. The normalized spacial score (nSPS) is 37.5. The maximum Gasteiger partial charge on any atom is 0.0678 e. The van der Waals surface area contributed by atoms with Gasteiger partial charge in [0.2, 0.25) is 0 Å². The molecular weight excluding hydrogens is 200 g/mol. The van der Waals surface area contributed by atoms with E-state index in [2.05, 4.69) is 24.1 Å². The van der Waals surface area contributed by atoms with Crippen molar-refractivity contribution >= 4 is 0 Å². The summed E-state index contributed by atoms with van der Waals surface area (Å²) in [6.45, 7) is 9.04. The smallest absolute Gasteiger partial charge is 0.0678 e. The summed E-state index contributed by atoms with van der Waals surface area (Å²) in [7, 11) is 0. The Hall–Kier alpha value is -0.120. The van der Waals surface area contributed by atoms with Crippen LogP contribution >= 0.6 is 0 Å². The van der Waals surface area contributed by atoms with Gasteiger partial charge >= 0.3 is 0 Å². The Balaban J connectivity index is 1.68. The van der Waals surface area contributed by atoms with Crippen LogP contribution < -0.4 is 5.32 Å². The molecule has 2 saturated heterocycles. The summed E-state index contributed by atoms with van der Waals surface area (Å²) in [4.78, 5) is 2.56. The molecule has 0 aliphatic carbocycles. The predicted octanol–water partition coefficient (Wildman–Crippen LogP) is 1.63. The topological polar surface area (TPSA) is 24.5 Å². The second-order valence-corrected chi connectivity index (χ2v) is 5.45. The number of hydrogen-bond donors (Lipinski definition) is 1. The van der Waals surface area contributed by atoms with Gasteiger partial charge in [-0.2, -0.15) is 0 Å². The number of morpholine rings is 1. The molecular formula is C13H26N2O. The van der Waals surface area contributed by atoms with Crippen LogP contribution in [-0.2, 0) is 4.74 Å². The Labute approximate surface area is 99.5 Å². The van der Waals surface area contributed by atoms with Gasteiger partial charge in [0.25, 0.3) is 0 Å². The van der Waals surface area contributed by atoms with Crippen molar-refractivity contribution in [2.24, 2.45) is 0 Å². The standard InChI is InChI=1S/C13H26N2O/c1-11-9-15(10-12(2)16-11)8-6-13-5-3-4-7-14-13/h11-14H,3-10H2,1-2H3. The highest BCUT2D eigenvalue weighted by Gasteiger charge is 2.22. The lowest BCUT2D eigenvalue weighted by Crippen LogP contribution is -2.47. The summed E-state index contributed by atoms with van der Waals surface area (Å²) in [5.74, 6) is 0. The average Bonchev–Trinajstić information content (AvgIpc) is 2.27. The molecule has 0 bridgehead atoms. The summed E-state index contributed by atoms with van der Waals surface area (Å²) < 4.78 is 5.75. The fourth-order valence-corrected chi connectivity index (χ4v) is 2.98. The SMILES string of the molecule is CC1CN(CCC2CCCCN2)CC(C)O1. The molecule has 0 aromatic rings. The van der Waals surface area contributed by atoms with Crippen molar-refractivity contribution in [1.82, 2.24) is 10.2 Å². The monoisotopic (exact) mass is 226 g/mol. The zero-order valence-electron chi connectivity index (χ0n) is 10.7. The molecule has 0 aromatic heterocycles. The van der Waals surface area contributed by atoms with Gasteiger partial charge in [-0.1, -0.05) is 6.42 Å². The lowest BCUT2D eigenvalue weighted by atomic mass is 10.0. The molecule has 0 spiro atoms. The van der Waals surface area contributed by atoms with Gasteiger partial charge in [0.1, 0.15) is 0 Å². The molecule has 2 heterocycles. The van der Waals surface area contributed by atoms with Crippen molar-refractivity contribution < 1.29 is 4.74 Å². The van der Waals surface area contributed by atoms with E-state index in [4.69, 9.17) is 4.74 Å². The van der Waals surface area contributed by atoms with E-state index in [1.165, 1.54) is 38.8 Å². The van der Waals surface area contributed by atoms with Crippen molar-refractivity contribution in [3.05, 3.63) is 0 Å². The van der Waals surface area contributed by atoms with Crippen LogP contribution in [0.2, 0.25) is 0 Å².